The zero-order chi connectivity index (χ0) is 14.5. The summed E-state index contributed by atoms with van der Waals surface area (Å²) in [6.07, 6.45) is 4.67. The van der Waals surface area contributed by atoms with Gasteiger partial charge in [0.1, 0.15) is 0 Å². The first-order valence-corrected chi connectivity index (χ1v) is 8.15. The molecule has 1 amide bonds. The summed E-state index contributed by atoms with van der Waals surface area (Å²) in [5.41, 5.74) is 2.22. The largest absolute Gasteiger partial charge is 0.326 e. The number of likely N-dealkylation sites (tertiary alicyclic amines) is 1. The Kier molecular flexibility index (Phi) is 8.92. The number of hydrogen-bond acceptors (Lipinski definition) is 3. The fourth-order valence-corrected chi connectivity index (χ4v) is 3.27. The van der Waals surface area contributed by atoms with Crippen LogP contribution >= 0.6 is 24.8 Å². The van der Waals surface area contributed by atoms with Crippen LogP contribution in [0.3, 0.4) is 0 Å². The molecule has 0 bridgehead atoms. The van der Waals surface area contributed by atoms with Gasteiger partial charge in [0.2, 0.25) is 5.91 Å². The Morgan fingerprint density at radius 1 is 1.17 bits per heavy atom. The lowest BCUT2D eigenvalue weighted by atomic mass is 9.98. The lowest BCUT2D eigenvalue weighted by molar-refractivity contribution is -0.120. The van der Waals surface area contributed by atoms with Crippen molar-refractivity contribution in [3.8, 4) is 0 Å². The van der Waals surface area contributed by atoms with Crippen LogP contribution in [-0.2, 0) is 11.3 Å². The standard InChI is InChI=1S/C17H25N3O.2ClH/c21-17(14-7-5-9-18-12-14)19-16-8-2-1-6-15(16)13-20-10-3-4-11-20;;/h1-2,6,8,14,18H,3-5,7,9-13H2,(H,19,21);2*1H/t14-;;/m0../s1. The van der Waals surface area contributed by atoms with Gasteiger partial charge in [-0.3, -0.25) is 9.69 Å². The van der Waals surface area contributed by atoms with Gasteiger partial charge in [0, 0.05) is 18.8 Å². The Hall–Kier alpha value is -0.810. The van der Waals surface area contributed by atoms with E-state index in [9.17, 15) is 4.79 Å². The molecule has 1 aromatic carbocycles. The normalized spacial score (nSPS) is 21.1. The van der Waals surface area contributed by atoms with Gasteiger partial charge in [-0.1, -0.05) is 18.2 Å². The smallest absolute Gasteiger partial charge is 0.228 e. The van der Waals surface area contributed by atoms with Crippen molar-refractivity contribution in [2.24, 2.45) is 5.92 Å². The molecule has 0 aromatic heterocycles. The molecule has 23 heavy (non-hydrogen) atoms. The number of para-hydroxylation sites is 1. The molecule has 2 aliphatic heterocycles. The van der Waals surface area contributed by atoms with Gasteiger partial charge >= 0.3 is 0 Å². The van der Waals surface area contributed by atoms with Crippen molar-refractivity contribution in [3.05, 3.63) is 29.8 Å². The molecule has 2 N–H and O–H groups in total. The second-order valence-corrected chi connectivity index (χ2v) is 6.17. The van der Waals surface area contributed by atoms with Crippen molar-refractivity contribution in [2.75, 3.05) is 31.5 Å². The van der Waals surface area contributed by atoms with Crippen LogP contribution in [0.1, 0.15) is 31.2 Å². The van der Waals surface area contributed by atoms with E-state index in [1.165, 1.54) is 31.5 Å². The summed E-state index contributed by atoms with van der Waals surface area (Å²) in [5.74, 6) is 0.273. The molecule has 0 unspecified atom stereocenters. The Morgan fingerprint density at radius 2 is 1.91 bits per heavy atom. The quantitative estimate of drug-likeness (QED) is 0.868. The minimum absolute atomic E-state index is 0. The van der Waals surface area contributed by atoms with Crippen LogP contribution in [0.2, 0.25) is 0 Å². The number of halogens is 2. The molecule has 0 radical (unpaired) electrons. The molecule has 2 saturated heterocycles. The molecule has 6 heteroatoms. The summed E-state index contributed by atoms with van der Waals surface area (Å²) >= 11 is 0. The first-order chi connectivity index (χ1) is 10.3. The minimum atomic E-state index is 0. The van der Waals surface area contributed by atoms with Crippen molar-refractivity contribution in [1.29, 1.82) is 0 Å². The highest BCUT2D eigenvalue weighted by Gasteiger charge is 2.22. The highest BCUT2D eigenvalue weighted by atomic mass is 35.5. The van der Waals surface area contributed by atoms with E-state index in [-0.39, 0.29) is 36.6 Å². The average Bonchev–Trinajstić information content (AvgIpc) is 3.03. The molecule has 4 nitrogen and oxygen atoms in total. The Balaban J connectivity index is 0.00000132. The average molecular weight is 360 g/mol. The third kappa shape index (κ3) is 5.64. The van der Waals surface area contributed by atoms with Crippen LogP contribution in [0.25, 0.3) is 0 Å². The fraction of sp³-hybridized carbons (Fsp3) is 0.588. The van der Waals surface area contributed by atoms with Crippen molar-refractivity contribution in [2.45, 2.75) is 32.2 Å². The van der Waals surface area contributed by atoms with Crippen LogP contribution in [0, 0.1) is 5.92 Å². The summed E-state index contributed by atoms with van der Waals surface area (Å²) < 4.78 is 0. The van der Waals surface area contributed by atoms with E-state index in [0.717, 1.165) is 38.2 Å². The van der Waals surface area contributed by atoms with Gasteiger partial charge in [0.25, 0.3) is 0 Å². The Labute approximate surface area is 151 Å². The number of anilines is 1. The predicted molar refractivity (Wildman–Crippen MR) is 99.7 cm³/mol. The number of amides is 1. The molecule has 2 aliphatic rings. The third-order valence-electron chi connectivity index (χ3n) is 4.54. The number of carbonyl (C=O) groups is 1. The maximum absolute atomic E-state index is 12.4. The zero-order valence-corrected chi connectivity index (χ0v) is 15.1. The van der Waals surface area contributed by atoms with Crippen molar-refractivity contribution < 1.29 is 4.79 Å². The van der Waals surface area contributed by atoms with Crippen LogP contribution in [0.4, 0.5) is 5.69 Å². The number of carbonyl (C=O) groups excluding carboxylic acids is 1. The van der Waals surface area contributed by atoms with E-state index < -0.39 is 0 Å². The molecule has 1 atom stereocenters. The molecular weight excluding hydrogens is 333 g/mol. The van der Waals surface area contributed by atoms with Gasteiger partial charge < -0.3 is 10.6 Å². The molecule has 0 saturated carbocycles. The van der Waals surface area contributed by atoms with Crippen LogP contribution in [0.5, 0.6) is 0 Å². The highest BCUT2D eigenvalue weighted by Crippen LogP contribution is 2.21. The Bertz CT molecular complexity index is 486. The van der Waals surface area contributed by atoms with Crippen molar-refractivity contribution in [3.63, 3.8) is 0 Å². The maximum atomic E-state index is 12.4. The molecule has 130 valence electrons. The summed E-state index contributed by atoms with van der Waals surface area (Å²) in [4.78, 5) is 14.9. The first-order valence-electron chi connectivity index (χ1n) is 8.15. The SMILES string of the molecule is Cl.Cl.O=C(Nc1ccccc1CN1CCCC1)[C@H]1CCCNC1. The van der Waals surface area contributed by atoms with Gasteiger partial charge in [-0.15, -0.1) is 24.8 Å². The summed E-state index contributed by atoms with van der Waals surface area (Å²) in [6.45, 7) is 5.14. The topological polar surface area (TPSA) is 44.4 Å². The molecular formula is C17H27Cl2N3O. The monoisotopic (exact) mass is 359 g/mol. The number of rotatable bonds is 4. The van der Waals surface area contributed by atoms with E-state index in [4.69, 9.17) is 0 Å². The fourth-order valence-electron chi connectivity index (χ4n) is 3.27. The lowest BCUT2D eigenvalue weighted by Crippen LogP contribution is -2.37. The molecule has 2 heterocycles. The zero-order valence-electron chi connectivity index (χ0n) is 13.4. The maximum Gasteiger partial charge on any atom is 0.228 e. The number of nitrogens with one attached hydrogen (secondary N) is 2. The van der Waals surface area contributed by atoms with Crippen LogP contribution < -0.4 is 10.6 Å². The first kappa shape index (κ1) is 20.2. The molecule has 3 rings (SSSR count). The molecule has 0 aliphatic carbocycles. The summed E-state index contributed by atoms with van der Waals surface area (Å²) in [6, 6.07) is 8.22. The number of benzene rings is 1. The molecule has 1 aromatic rings. The number of hydrogen-bond donors (Lipinski definition) is 2. The van der Waals surface area contributed by atoms with E-state index in [2.05, 4.69) is 27.7 Å². The van der Waals surface area contributed by atoms with Gasteiger partial charge in [0.15, 0.2) is 0 Å². The van der Waals surface area contributed by atoms with E-state index in [0.29, 0.717) is 0 Å². The molecule has 2 fully saturated rings. The summed E-state index contributed by atoms with van der Waals surface area (Å²) in [7, 11) is 0. The van der Waals surface area contributed by atoms with Gasteiger partial charge in [-0.05, 0) is 56.9 Å². The second-order valence-electron chi connectivity index (χ2n) is 6.17. The van der Waals surface area contributed by atoms with E-state index >= 15 is 0 Å². The predicted octanol–water partition coefficient (Wildman–Crippen LogP) is 3.06. The van der Waals surface area contributed by atoms with Crippen LogP contribution in [-0.4, -0.2) is 37.0 Å². The van der Waals surface area contributed by atoms with Crippen molar-refractivity contribution in [1.82, 2.24) is 10.2 Å². The molecule has 0 spiro atoms. The van der Waals surface area contributed by atoms with Gasteiger partial charge in [-0.2, -0.15) is 0 Å². The van der Waals surface area contributed by atoms with Crippen LogP contribution in [0.15, 0.2) is 24.3 Å². The number of piperidine rings is 1. The van der Waals surface area contributed by atoms with Gasteiger partial charge in [-0.25, -0.2) is 0 Å². The highest BCUT2D eigenvalue weighted by molar-refractivity contribution is 5.93. The van der Waals surface area contributed by atoms with Crippen molar-refractivity contribution >= 4 is 36.4 Å². The second kappa shape index (κ2) is 10.1. The lowest BCUT2D eigenvalue weighted by Gasteiger charge is -2.23. The third-order valence-corrected chi connectivity index (χ3v) is 4.54. The number of nitrogens with zero attached hydrogens (tertiary/aromatic N) is 1. The summed E-state index contributed by atoms with van der Waals surface area (Å²) in [5, 5.41) is 6.45. The van der Waals surface area contributed by atoms with E-state index in [1.807, 2.05) is 12.1 Å². The van der Waals surface area contributed by atoms with Gasteiger partial charge in [0.05, 0.1) is 5.92 Å². The Morgan fingerprint density at radius 3 is 2.61 bits per heavy atom. The van der Waals surface area contributed by atoms with E-state index in [1.54, 1.807) is 0 Å². The minimum Gasteiger partial charge on any atom is -0.326 e.